The van der Waals surface area contributed by atoms with Gasteiger partial charge in [0.2, 0.25) is 5.91 Å². The first kappa shape index (κ1) is 27.5. The third-order valence-corrected chi connectivity index (χ3v) is 8.48. The van der Waals surface area contributed by atoms with Crippen LogP contribution in [0.15, 0.2) is 84.0 Å². The van der Waals surface area contributed by atoms with Crippen LogP contribution in [0.2, 0.25) is 0 Å². The van der Waals surface area contributed by atoms with E-state index >= 15 is 0 Å². The lowest BCUT2D eigenvalue weighted by molar-refractivity contribution is -0.118. The molecule has 0 saturated carbocycles. The van der Waals surface area contributed by atoms with Crippen LogP contribution in [0.1, 0.15) is 57.9 Å². The third-order valence-electron chi connectivity index (χ3n) is 7.48. The summed E-state index contributed by atoms with van der Waals surface area (Å²) in [6, 6.07) is 21.9. The Kier molecular flexibility index (Phi) is 8.55. The first-order chi connectivity index (χ1) is 19.5. The zero-order chi connectivity index (χ0) is 28.1. The summed E-state index contributed by atoms with van der Waals surface area (Å²) in [5.41, 5.74) is 9.59. The Bertz CT molecular complexity index is 1430. The van der Waals surface area contributed by atoms with Gasteiger partial charge in [-0.3, -0.25) is 4.79 Å². The first-order valence-electron chi connectivity index (χ1n) is 13.3. The monoisotopic (exact) mass is 555 g/mol. The van der Waals surface area contributed by atoms with E-state index in [2.05, 4.69) is 40.1 Å². The van der Waals surface area contributed by atoms with E-state index in [1.807, 2.05) is 61.5 Å². The molecule has 0 unspecified atom stereocenters. The van der Waals surface area contributed by atoms with Crippen molar-refractivity contribution in [2.45, 2.75) is 31.1 Å². The maximum absolute atomic E-state index is 12.4. The van der Waals surface area contributed by atoms with Gasteiger partial charge in [0.1, 0.15) is 5.75 Å². The molecule has 0 radical (unpaired) electrons. The molecule has 1 heterocycles. The smallest absolute Gasteiger partial charge is 0.337 e. The number of methoxy groups -OCH3 is 2. The number of ether oxygens (including phenoxy) is 2. The number of nitrogens with one attached hydrogen (secondary N) is 2. The number of hydrazone groups is 1. The van der Waals surface area contributed by atoms with Crippen molar-refractivity contribution in [3.63, 3.8) is 0 Å². The molecule has 5 rings (SSSR count). The lowest BCUT2D eigenvalue weighted by Crippen LogP contribution is -2.29. The highest BCUT2D eigenvalue weighted by molar-refractivity contribution is 7.99. The maximum Gasteiger partial charge on any atom is 0.337 e. The molecule has 2 N–H and O–H groups in total. The second kappa shape index (κ2) is 12.4. The molecule has 8 heteroatoms. The SMILES string of the molecule is COC(=O)c1ccc([C@@H]2Nc3ccc(/C(C)=N\NC(=O)CSCc4ccc(OC)cc4)cc3[C@@H]3C=CC[C@@H]32)cc1. The minimum atomic E-state index is -0.332. The summed E-state index contributed by atoms with van der Waals surface area (Å²) in [5.74, 6) is 2.07. The minimum absolute atomic E-state index is 0.127. The molecule has 7 nitrogen and oxygen atoms in total. The van der Waals surface area contributed by atoms with Crippen molar-refractivity contribution in [3.8, 4) is 5.75 Å². The van der Waals surface area contributed by atoms with E-state index in [9.17, 15) is 9.59 Å². The Morgan fingerprint density at radius 3 is 2.50 bits per heavy atom. The summed E-state index contributed by atoms with van der Waals surface area (Å²) in [7, 11) is 3.04. The van der Waals surface area contributed by atoms with E-state index < -0.39 is 0 Å². The van der Waals surface area contributed by atoms with Gasteiger partial charge in [-0.25, -0.2) is 10.2 Å². The standard InChI is InChI=1S/C32H33N3O4S/c1-20(34-35-30(36)19-40-18-21-7-14-25(38-2)15-8-21)24-13-16-29-28(17-24)26-5-4-6-27(26)31(33-29)22-9-11-23(12-10-22)32(37)39-3/h4-5,7-17,26-27,31,33H,6,18-19H2,1-3H3,(H,35,36)/b34-20-/t26-,27+,31+/m1/s1. The second-order valence-electron chi connectivity index (χ2n) is 9.96. The fraction of sp³-hybridized carbons (Fsp3) is 0.281. The lowest BCUT2D eigenvalue weighted by atomic mass is 9.76. The molecule has 1 aliphatic carbocycles. The lowest BCUT2D eigenvalue weighted by Gasteiger charge is -2.37. The molecule has 0 fully saturated rings. The molecule has 3 atom stereocenters. The largest absolute Gasteiger partial charge is 0.497 e. The van der Waals surface area contributed by atoms with Gasteiger partial charge < -0.3 is 14.8 Å². The summed E-state index contributed by atoms with van der Waals surface area (Å²) in [6.45, 7) is 1.91. The van der Waals surface area contributed by atoms with E-state index in [1.54, 1.807) is 18.9 Å². The van der Waals surface area contributed by atoms with Gasteiger partial charge in [0, 0.05) is 17.4 Å². The van der Waals surface area contributed by atoms with Gasteiger partial charge in [0.15, 0.2) is 0 Å². The number of anilines is 1. The predicted octanol–water partition coefficient (Wildman–Crippen LogP) is 6.08. The number of allylic oxidation sites excluding steroid dienone is 2. The number of amides is 1. The highest BCUT2D eigenvalue weighted by atomic mass is 32.2. The van der Waals surface area contributed by atoms with Crippen LogP contribution in [0, 0.1) is 5.92 Å². The summed E-state index contributed by atoms with van der Waals surface area (Å²) in [5, 5.41) is 8.11. The molecular formula is C32H33N3O4S. The Hall–Kier alpha value is -4.04. The minimum Gasteiger partial charge on any atom is -0.497 e. The van der Waals surface area contributed by atoms with Crippen LogP contribution >= 0.6 is 11.8 Å². The number of hydrogen-bond donors (Lipinski definition) is 2. The van der Waals surface area contributed by atoms with Crippen LogP contribution in [-0.4, -0.2) is 37.6 Å². The number of benzene rings is 3. The number of carbonyl (C=O) groups is 2. The highest BCUT2D eigenvalue weighted by Gasteiger charge is 2.38. The van der Waals surface area contributed by atoms with Crippen molar-refractivity contribution < 1.29 is 19.1 Å². The van der Waals surface area contributed by atoms with Crippen LogP contribution in [0.5, 0.6) is 5.75 Å². The van der Waals surface area contributed by atoms with Crippen molar-refractivity contribution in [2.75, 3.05) is 25.3 Å². The number of nitrogens with zero attached hydrogens (tertiary/aromatic N) is 1. The summed E-state index contributed by atoms with van der Waals surface area (Å²) in [4.78, 5) is 24.2. The Morgan fingerprint density at radius 2 is 1.77 bits per heavy atom. The third kappa shape index (κ3) is 6.07. The average Bonchev–Trinajstić information content (AvgIpc) is 3.50. The molecule has 0 aromatic heterocycles. The topological polar surface area (TPSA) is 89.0 Å². The second-order valence-corrected chi connectivity index (χ2v) is 10.9. The van der Waals surface area contributed by atoms with Crippen LogP contribution in [0.4, 0.5) is 5.69 Å². The van der Waals surface area contributed by atoms with Gasteiger partial charge in [0.25, 0.3) is 0 Å². The van der Waals surface area contributed by atoms with Gasteiger partial charge in [-0.2, -0.15) is 5.10 Å². The predicted molar refractivity (Wildman–Crippen MR) is 160 cm³/mol. The fourth-order valence-electron chi connectivity index (χ4n) is 5.32. The summed E-state index contributed by atoms with van der Waals surface area (Å²) < 4.78 is 10.0. The molecule has 40 heavy (non-hydrogen) atoms. The molecular weight excluding hydrogens is 522 g/mol. The van der Waals surface area contributed by atoms with Gasteiger partial charge in [-0.05, 0) is 77.9 Å². The maximum atomic E-state index is 12.4. The van der Waals surface area contributed by atoms with E-state index in [1.165, 1.54) is 12.7 Å². The Morgan fingerprint density at radius 1 is 1.02 bits per heavy atom. The van der Waals surface area contributed by atoms with E-state index in [-0.39, 0.29) is 23.8 Å². The molecule has 206 valence electrons. The van der Waals surface area contributed by atoms with Gasteiger partial charge >= 0.3 is 5.97 Å². The number of fused-ring (bicyclic) bond motifs is 3. The van der Waals surface area contributed by atoms with Gasteiger partial charge in [-0.1, -0.05) is 42.5 Å². The number of carbonyl (C=O) groups excluding carboxylic acids is 2. The molecule has 1 aliphatic heterocycles. The Balaban J connectivity index is 1.22. The molecule has 0 spiro atoms. The molecule has 0 bridgehead atoms. The number of esters is 1. The number of rotatable bonds is 9. The van der Waals surface area contributed by atoms with Crippen molar-refractivity contribution in [1.82, 2.24) is 5.43 Å². The van der Waals surface area contributed by atoms with E-state index in [0.717, 1.165) is 46.0 Å². The van der Waals surface area contributed by atoms with Crippen LogP contribution in [0.25, 0.3) is 0 Å². The molecule has 3 aromatic carbocycles. The van der Waals surface area contributed by atoms with E-state index in [4.69, 9.17) is 9.47 Å². The normalized spacial score (nSPS) is 19.3. The molecule has 3 aromatic rings. The van der Waals surface area contributed by atoms with Crippen molar-refractivity contribution in [3.05, 3.63) is 107 Å². The zero-order valence-electron chi connectivity index (χ0n) is 22.8. The van der Waals surface area contributed by atoms with Crippen LogP contribution in [-0.2, 0) is 15.3 Å². The molecule has 1 amide bonds. The van der Waals surface area contributed by atoms with Crippen molar-refractivity contribution in [1.29, 1.82) is 0 Å². The Labute approximate surface area is 239 Å². The van der Waals surface area contributed by atoms with Gasteiger partial charge in [-0.15, -0.1) is 11.8 Å². The molecule has 2 aliphatic rings. The average molecular weight is 556 g/mol. The number of thioether (sulfide) groups is 1. The zero-order valence-corrected chi connectivity index (χ0v) is 23.7. The number of hydrogen-bond acceptors (Lipinski definition) is 7. The van der Waals surface area contributed by atoms with E-state index in [0.29, 0.717) is 17.2 Å². The fourth-order valence-corrected chi connectivity index (χ4v) is 6.10. The highest BCUT2D eigenvalue weighted by Crippen LogP contribution is 2.50. The molecule has 0 saturated heterocycles. The first-order valence-corrected chi connectivity index (χ1v) is 14.4. The summed E-state index contributed by atoms with van der Waals surface area (Å²) in [6.07, 6.45) is 5.51. The van der Waals surface area contributed by atoms with Crippen LogP contribution in [0.3, 0.4) is 0 Å². The van der Waals surface area contributed by atoms with Gasteiger partial charge in [0.05, 0.1) is 37.3 Å². The van der Waals surface area contributed by atoms with Crippen molar-refractivity contribution >= 4 is 35.0 Å². The summed E-state index contributed by atoms with van der Waals surface area (Å²) >= 11 is 1.55. The van der Waals surface area contributed by atoms with Crippen molar-refractivity contribution in [2.24, 2.45) is 11.0 Å². The quantitative estimate of drug-likeness (QED) is 0.144. The van der Waals surface area contributed by atoms with Crippen LogP contribution < -0.4 is 15.5 Å².